The van der Waals surface area contributed by atoms with E-state index >= 15 is 0 Å². The Bertz CT molecular complexity index is 942. The van der Waals surface area contributed by atoms with E-state index in [2.05, 4.69) is 45.0 Å². The largest absolute Gasteiger partial charge is 0.349 e. The fraction of sp³-hybridized carbons (Fsp3) is 0.970. The molecular weight excluding hydrogens is 486 g/mol. The Hall–Kier alpha value is -0.850. The normalized spacial score (nSPS) is 53.6. The molecule has 7 aliphatic rings. The summed E-state index contributed by atoms with van der Waals surface area (Å²) in [4.78, 5) is 17.4. The minimum atomic E-state index is -0.302. The highest BCUT2D eigenvalue weighted by molar-refractivity contribution is 5.74. The maximum Gasteiger partial charge on any atom is 0.317 e. The lowest BCUT2D eigenvalue weighted by molar-refractivity contribution is -0.273. The number of amides is 2. The summed E-state index contributed by atoms with van der Waals surface area (Å²) < 4.78 is 13.5. The Kier molecular flexibility index (Phi) is 6.64. The van der Waals surface area contributed by atoms with Crippen molar-refractivity contribution in [2.24, 2.45) is 52.3 Å². The molecule has 4 saturated carbocycles. The third-order valence-corrected chi connectivity index (χ3v) is 14.1. The Labute approximate surface area is 237 Å². The first kappa shape index (κ1) is 27.0. The zero-order valence-corrected chi connectivity index (χ0v) is 25.4. The highest BCUT2D eigenvalue weighted by Gasteiger charge is 2.69. The van der Waals surface area contributed by atoms with Gasteiger partial charge in [-0.15, -0.1) is 0 Å². The number of rotatable bonds is 1. The monoisotopic (exact) mass is 541 g/mol. The Morgan fingerprint density at radius 2 is 1.64 bits per heavy atom. The van der Waals surface area contributed by atoms with Gasteiger partial charge in [0.25, 0.3) is 0 Å². The van der Waals surface area contributed by atoms with Gasteiger partial charge in [0.05, 0.1) is 12.7 Å². The van der Waals surface area contributed by atoms with Gasteiger partial charge >= 0.3 is 6.03 Å². The number of carbonyl (C=O) groups excluding carboxylic acids is 1. The van der Waals surface area contributed by atoms with Crippen LogP contribution in [-0.2, 0) is 9.47 Å². The summed E-state index contributed by atoms with van der Waals surface area (Å²) in [5.41, 5.74) is 0.839. The van der Waals surface area contributed by atoms with Crippen LogP contribution in [0.2, 0.25) is 0 Å². The summed E-state index contributed by atoms with van der Waals surface area (Å²) in [7, 11) is 2.15. The highest BCUT2D eigenvalue weighted by atomic mass is 16.7. The van der Waals surface area contributed by atoms with E-state index in [-0.39, 0.29) is 11.8 Å². The summed E-state index contributed by atoms with van der Waals surface area (Å²) in [6.07, 6.45) is 13.1. The molecule has 6 nitrogen and oxygen atoms in total. The van der Waals surface area contributed by atoms with Gasteiger partial charge in [0.15, 0.2) is 5.79 Å². The molecule has 12 atom stereocenters. The van der Waals surface area contributed by atoms with Gasteiger partial charge in [-0.25, -0.2) is 4.79 Å². The van der Waals surface area contributed by atoms with Crippen LogP contribution >= 0.6 is 0 Å². The lowest BCUT2D eigenvalue weighted by Gasteiger charge is -2.61. The van der Waals surface area contributed by atoms with Crippen molar-refractivity contribution in [3.63, 3.8) is 0 Å². The molecule has 0 aromatic carbocycles. The first-order chi connectivity index (χ1) is 18.6. The van der Waals surface area contributed by atoms with E-state index in [4.69, 9.17) is 9.47 Å². The maximum atomic E-state index is 13.0. The van der Waals surface area contributed by atoms with Gasteiger partial charge in [0.1, 0.15) is 0 Å². The predicted octanol–water partition coefficient (Wildman–Crippen LogP) is 5.76. The number of hydrogen-bond donors (Lipinski definition) is 1. The van der Waals surface area contributed by atoms with Crippen LogP contribution in [0.1, 0.15) is 91.9 Å². The molecule has 7 fully saturated rings. The van der Waals surface area contributed by atoms with E-state index in [0.717, 1.165) is 69.3 Å². The van der Waals surface area contributed by atoms with Crippen LogP contribution in [0.3, 0.4) is 0 Å². The number of ether oxygens (including phenoxy) is 2. The van der Waals surface area contributed by atoms with Gasteiger partial charge in [-0.3, -0.25) is 0 Å². The molecule has 4 aliphatic carbocycles. The molecule has 0 bridgehead atoms. The molecule has 0 aromatic heterocycles. The first-order valence-electron chi connectivity index (χ1n) is 16.7. The average Bonchev–Trinajstić information content (AvgIpc) is 3.36. The SMILES string of the molecule is C[C@H]1CC[C@@]2(OC1)O[C@H]1C[C@H]3[C@@H]4CC[C@@H]5CC(NC(=O)N6CCN(C)CC6)CC[C@]5(C)[C@H]4CC[C@]3(C)[C@H]1[C@@H]2C. The molecule has 3 heterocycles. The number of piperazine rings is 1. The lowest BCUT2D eigenvalue weighted by atomic mass is 9.44. The second-order valence-electron chi connectivity index (χ2n) is 15.9. The summed E-state index contributed by atoms with van der Waals surface area (Å²) >= 11 is 0. The minimum Gasteiger partial charge on any atom is -0.349 e. The summed E-state index contributed by atoms with van der Waals surface area (Å²) in [6.45, 7) is 14.6. The molecule has 1 unspecified atom stereocenters. The zero-order chi connectivity index (χ0) is 27.2. The molecule has 0 radical (unpaired) electrons. The number of likely N-dealkylation sites (N-methyl/N-ethyl adjacent to an activating group) is 1. The number of fused-ring (bicyclic) bond motifs is 7. The van der Waals surface area contributed by atoms with Gasteiger partial charge < -0.3 is 24.6 Å². The van der Waals surface area contributed by atoms with Gasteiger partial charge in [0.2, 0.25) is 0 Å². The quantitative estimate of drug-likeness (QED) is 0.459. The summed E-state index contributed by atoms with van der Waals surface area (Å²) in [6, 6.07) is 0.537. The molecule has 1 spiro atoms. The van der Waals surface area contributed by atoms with Crippen LogP contribution in [-0.4, -0.2) is 73.6 Å². The second kappa shape index (κ2) is 9.59. The maximum absolute atomic E-state index is 13.0. The molecule has 39 heavy (non-hydrogen) atoms. The van der Waals surface area contributed by atoms with Gasteiger partial charge in [-0.1, -0.05) is 27.7 Å². The molecule has 7 rings (SSSR count). The highest BCUT2D eigenvalue weighted by Crippen LogP contribution is 2.71. The van der Waals surface area contributed by atoms with Crippen molar-refractivity contribution in [1.29, 1.82) is 0 Å². The molecule has 1 N–H and O–H groups in total. The molecule has 6 heteroatoms. The van der Waals surface area contributed by atoms with Crippen molar-refractivity contribution in [3.05, 3.63) is 0 Å². The van der Waals surface area contributed by atoms with Crippen molar-refractivity contribution in [3.8, 4) is 0 Å². The molecule has 3 aliphatic heterocycles. The van der Waals surface area contributed by atoms with Crippen molar-refractivity contribution in [2.75, 3.05) is 39.8 Å². The number of urea groups is 1. The number of nitrogens with one attached hydrogen (secondary N) is 1. The third kappa shape index (κ3) is 4.15. The van der Waals surface area contributed by atoms with E-state index in [9.17, 15) is 4.79 Å². The van der Waals surface area contributed by atoms with Gasteiger partial charge in [-0.05, 0) is 111 Å². The van der Waals surface area contributed by atoms with E-state index < -0.39 is 0 Å². The fourth-order valence-electron chi connectivity index (χ4n) is 11.7. The fourth-order valence-corrected chi connectivity index (χ4v) is 11.7. The van der Waals surface area contributed by atoms with E-state index in [0.29, 0.717) is 40.7 Å². The van der Waals surface area contributed by atoms with Gasteiger partial charge in [0, 0.05) is 44.6 Å². The van der Waals surface area contributed by atoms with Crippen molar-refractivity contribution >= 4 is 6.03 Å². The van der Waals surface area contributed by atoms with Crippen LogP contribution in [0.5, 0.6) is 0 Å². The minimum absolute atomic E-state index is 0.180. The number of hydrogen-bond acceptors (Lipinski definition) is 4. The van der Waals surface area contributed by atoms with Gasteiger partial charge in [-0.2, -0.15) is 0 Å². The van der Waals surface area contributed by atoms with Crippen LogP contribution in [0.25, 0.3) is 0 Å². The van der Waals surface area contributed by atoms with Crippen molar-refractivity contribution in [2.45, 2.75) is 110 Å². The average molecular weight is 542 g/mol. The second-order valence-corrected chi connectivity index (χ2v) is 15.9. The Balaban J connectivity index is 1.02. The Morgan fingerprint density at radius 3 is 2.38 bits per heavy atom. The standard InChI is InChI=1S/C33H55N3O3/c1-21-8-13-33(38-20-21)22(2)29-28(39-33)19-27-25-7-6-23-18-24(34-30(37)36-16-14-35(5)15-17-36)9-11-31(23,3)26(25)10-12-32(27,29)4/h21-29H,6-20H2,1-5H3,(H,34,37)/t21-,22-,23+,24?,25+,26-,27-,28-,29-,31-,32-,33+/m0/s1. The molecular formula is C33H55N3O3. The van der Waals surface area contributed by atoms with Crippen molar-refractivity contribution < 1.29 is 14.3 Å². The van der Waals surface area contributed by atoms with E-state index in [1.54, 1.807) is 0 Å². The summed E-state index contributed by atoms with van der Waals surface area (Å²) in [5.74, 6) is 4.79. The number of nitrogens with zero attached hydrogens (tertiary/aromatic N) is 2. The van der Waals surface area contributed by atoms with Crippen LogP contribution in [0.15, 0.2) is 0 Å². The predicted molar refractivity (Wildman–Crippen MR) is 153 cm³/mol. The van der Waals surface area contributed by atoms with Crippen LogP contribution in [0, 0.1) is 52.3 Å². The Morgan fingerprint density at radius 1 is 0.872 bits per heavy atom. The molecule has 220 valence electrons. The van der Waals surface area contributed by atoms with E-state index in [1.165, 1.54) is 51.4 Å². The number of carbonyl (C=O) groups is 1. The molecule has 0 aromatic rings. The third-order valence-electron chi connectivity index (χ3n) is 14.1. The topological polar surface area (TPSA) is 54.0 Å². The molecule has 3 saturated heterocycles. The molecule has 2 amide bonds. The zero-order valence-electron chi connectivity index (χ0n) is 25.4. The first-order valence-corrected chi connectivity index (χ1v) is 16.7. The van der Waals surface area contributed by atoms with E-state index in [1.807, 2.05) is 4.90 Å². The summed E-state index contributed by atoms with van der Waals surface area (Å²) in [5, 5.41) is 3.47. The van der Waals surface area contributed by atoms with Crippen LogP contribution < -0.4 is 5.32 Å². The van der Waals surface area contributed by atoms with Crippen LogP contribution in [0.4, 0.5) is 4.79 Å². The van der Waals surface area contributed by atoms with Crippen molar-refractivity contribution in [1.82, 2.24) is 15.1 Å². The lowest BCUT2D eigenvalue weighted by Crippen LogP contribution is -2.57. The smallest absolute Gasteiger partial charge is 0.317 e.